The van der Waals surface area contributed by atoms with Crippen molar-refractivity contribution in [3.8, 4) is 0 Å². The minimum Gasteiger partial charge on any atom is -0.351 e. The van der Waals surface area contributed by atoms with Gasteiger partial charge < -0.3 is 5.32 Å². The average molecular weight is 416 g/mol. The molecule has 2 N–H and O–H groups in total. The molecule has 156 valence electrons. The van der Waals surface area contributed by atoms with Gasteiger partial charge in [0.15, 0.2) is 0 Å². The Morgan fingerprint density at radius 2 is 1.72 bits per heavy atom. The molecule has 0 aliphatic rings. The van der Waals surface area contributed by atoms with E-state index in [0.717, 1.165) is 24.1 Å². The van der Waals surface area contributed by atoms with E-state index < -0.39 is 10.0 Å². The third kappa shape index (κ3) is 7.71. The van der Waals surface area contributed by atoms with Crippen LogP contribution in [0.2, 0.25) is 0 Å². The van der Waals surface area contributed by atoms with Gasteiger partial charge in [0.2, 0.25) is 0 Å². The van der Waals surface area contributed by atoms with Gasteiger partial charge in [0, 0.05) is 30.4 Å². The highest BCUT2D eigenvalue weighted by Gasteiger charge is 2.10. The van der Waals surface area contributed by atoms with Gasteiger partial charge in [0.25, 0.3) is 15.9 Å². The number of amides is 1. The molecule has 0 aliphatic heterocycles. The van der Waals surface area contributed by atoms with Crippen molar-refractivity contribution < 1.29 is 13.2 Å². The molecule has 29 heavy (non-hydrogen) atoms. The second kappa shape index (κ2) is 10.8. The molecule has 7 heteroatoms. The molecule has 0 saturated heterocycles. The number of nitrogens with zero attached hydrogens (tertiary/aromatic N) is 1. The normalized spacial score (nSPS) is 11.9. The van der Waals surface area contributed by atoms with Gasteiger partial charge in [0.05, 0.1) is 5.41 Å². The second-order valence-electron chi connectivity index (χ2n) is 6.92. The van der Waals surface area contributed by atoms with Crippen LogP contribution in [0.4, 0.5) is 5.69 Å². The smallest absolute Gasteiger partial charge is 0.255 e. The van der Waals surface area contributed by atoms with Crippen LogP contribution < -0.4 is 10.0 Å². The molecule has 0 spiro atoms. The van der Waals surface area contributed by atoms with Gasteiger partial charge >= 0.3 is 0 Å². The van der Waals surface area contributed by atoms with Crippen molar-refractivity contribution in [2.24, 2.45) is 0 Å². The first-order chi connectivity index (χ1) is 13.8. The number of hydrogen-bond donors (Lipinski definition) is 2. The van der Waals surface area contributed by atoms with Crippen LogP contribution in [0.25, 0.3) is 6.08 Å². The maximum absolute atomic E-state index is 12.3. The summed E-state index contributed by atoms with van der Waals surface area (Å²) in [6.45, 7) is 8.62. The second-order valence-corrected chi connectivity index (χ2v) is 8.48. The summed E-state index contributed by atoms with van der Waals surface area (Å²) in [7, 11) is -3.64. The highest BCUT2D eigenvalue weighted by atomic mass is 32.2. The maximum Gasteiger partial charge on any atom is 0.255 e. The van der Waals surface area contributed by atoms with E-state index in [1.807, 2.05) is 30.3 Å². The number of sulfonamides is 1. The zero-order valence-corrected chi connectivity index (χ0v) is 17.9. The van der Waals surface area contributed by atoms with Gasteiger partial charge in [-0.3, -0.25) is 14.4 Å². The summed E-state index contributed by atoms with van der Waals surface area (Å²) in [5.74, 6) is -0.178. The van der Waals surface area contributed by atoms with Gasteiger partial charge in [-0.2, -0.15) is 0 Å². The Bertz CT molecular complexity index is 908. The van der Waals surface area contributed by atoms with E-state index in [1.54, 1.807) is 24.3 Å². The topological polar surface area (TPSA) is 78.5 Å². The molecule has 6 nitrogen and oxygen atoms in total. The molecule has 1 amide bonds. The number of benzene rings is 2. The quantitative estimate of drug-likeness (QED) is 0.622. The predicted octanol–water partition coefficient (Wildman–Crippen LogP) is 3.56. The summed E-state index contributed by atoms with van der Waals surface area (Å²) in [6, 6.07) is 16.0. The third-order valence-corrected chi connectivity index (χ3v) is 5.48. The Morgan fingerprint density at radius 3 is 2.31 bits per heavy atom. The molecule has 0 bridgehead atoms. The van der Waals surface area contributed by atoms with Crippen molar-refractivity contribution in [3.05, 3.63) is 71.1 Å². The molecule has 0 unspecified atom stereocenters. The Labute approximate surface area is 173 Å². The van der Waals surface area contributed by atoms with Crippen LogP contribution in [-0.4, -0.2) is 44.9 Å². The predicted molar refractivity (Wildman–Crippen MR) is 119 cm³/mol. The first-order valence-electron chi connectivity index (χ1n) is 9.69. The first-order valence-corrected chi connectivity index (χ1v) is 11.2. The lowest BCUT2D eigenvalue weighted by Gasteiger charge is -2.24. The Balaban J connectivity index is 1.90. The van der Waals surface area contributed by atoms with Gasteiger partial charge in [0.1, 0.15) is 0 Å². The van der Waals surface area contributed by atoms with Crippen LogP contribution in [0.1, 0.15) is 36.7 Å². The van der Waals surface area contributed by atoms with Crippen LogP contribution in [0.5, 0.6) is 0 Å². The number of carbonyl (C=O) groups is 1. The summed E-state index contributed by atoms with van der Waals surface area (Å²) in [4.78, 5) is 14.5. The monoisotopic (exact) mass is 415 g/mol. The van der Waals surface area contributed by atoms with E-state index in [4.69, 9.17) is 0 Å². The summed E-state index contributed by atoms with van der Waals surface area (Å²) in [5, 5.41) is 4.02. The number of hydrogen-bond acceptors (Lipinski definition) is 4. The number of carbonyl (C=O) groups excluding carboxylic acids is 1. The molecule has 0 fully saturated rings. The Hall–Kier alpha value is -2.64. The molecular weight excluding hydrogens is 386 g/mol. The zero-order chi connectivity index (χ0) is 21.3. The van der Waals surface area contributed by atoms with E-state index in [9.17, 15) is 13.2 Å². The summed E-state index contributed by atoms with van der Waals surface area (Å²) < 4.78 is 26.9. The van der Waals surface area contributed by atoms with Gasteiger partial charge in [-0.15, -0.1) is 0 Å². The van der Waals surface area contributed by atoms with Crippen molar-refractivity contribution in [1.82, 2.24) is 10.2 Å². The molecule has 0 aliphatic carbocycles. The Kier molecular flexibility index (Phi) is 8.42. The molecule has 0 radical (unpaired) electrons. The van der Waals surface area contributed by atoms with Crippen molar-refractivity contribution >= 4 is 27.7 Å². The van der Waals surface area contributed by atoms with E-state index >= 15 is 0 Å². The van der Waals surface area contributed by atoms with E-state index in [2.05, 4.69) is 35.7 Å². The van der Waals surface area contributed by atoms with Gasteiger partial charge in [-0.1, -0.05) is 37.3 Å². The summed E-state index contributed by atoms with van der Waals surface area (Å²) in [5.41, 5.74) is 1.68. The lowest BCUT2D eigenvalue weighted by atomic mass is 10.2. The molecule has 2 rings (SSSR count). The highest BCUT2D eigenvalue weighted by molar-refractivity contribution is 7.95. The van der Waals surface area contributed by atoms with Crippen molar-refractivity contribution in [2.75, 3.05) is 24.4 Å². The molecule has 2 aromatic rings. The van der Waals surface area contributed by atoms with Crippen molar-refractivity contribution in [2.45, 2.75) is 26.8 Å². The highest BCUT2D eigenvalue weighted by Crippen LogP contribution is 2.13. The van der Waals surface area contributed by atoms with Crippen LogP contribution in [0, 0.1) is 0 Å². The molecule has 0 saturated carbocycles. The number of nitrogens with one attached hydrogen (secondary N) is 2. The van der Waals surface area contributed by atoms with E-state index in [-0.39, 0.29) is 5.91 Å². The lowest BCUT2D eigenvalue weighted by molar-refractivity contribution is 0.0946. The third-order valence-electron chi connectivity index (χ3n) is 4.47. The molecule has 0 atom stereocenters. The molecule has 0 heterocycles. The number of rotatable bonds is 10. The Morgan fingerprint density at radius 1 is 1.07 bits per heavy atom. The number of likely N-dealkylation sites (N-methyl/N-ethyl adjacent to an activating group) is 1. The summed E-state index contributed by atoms with van der Waals surface area (Å²) >= 11 is 0. The SMILES string of the molecule is CCN(CCNC(=O)c1ccc(NS(=O)(=O)/C=C/c2ccccc2)cc1)C(C)C. The lowest BCUT2D eigenvalue weighted by Crippen LogP contribution is -2.38. The summed E-state index contributed by atoms with van der Waals surface area (Å²) in [6.07, 6.45) is 1.53. The standard InChI is InChI=1S/C22H29N3O3S/c1-4-25(18(2)3)16-15-23-22(26)20-10-12-21(13-11-20)24-29(27,28)17-14-19-8-6-5-7-9-19/h5-14,17-18,24H,4,15-16H2,1-3H3,(H,23,26)/b17-14+. The number of anilines is 1. The van der Waals surface area contributed by atoms with Crippen LogP contribution in [0.3, 0.4) is 0 Å². The maximum atomic E-state index is 12.3. The van der Waals surface area contributed by atoms with Crippen LogP contribution in [-0.2, 0) is 10.0 Å². The molecule has 0 aromatic heterocycles. The van der Waals surface area contributed by atoms with Gasteiger partial charge in [-0.25, -0.2) is 8.42 Å². The zero-order valence-electron chi connectivity index (χ0n) is 17.1. The van der Waals surface area contributed by atoms with Crippen molar-refractivity contribution in [3.63, 3.8) is 0 Å². The van der Waals surface area contributed by atoms with Gasteiger partial charge in [-0.05, 0) is 56.3 Å². The average Bonchev–Trinajstić information content (AvgIpc) is 2.70. The molecular formula is C22H29N3O3S. The van der Waals surface area contributed by atoms with Crippen LogP contribution >= 0.6 is 0 Å². The van der Waals surface area contributed by atoms with E-state index in [0.29, 0.717) is 23.8 Å². The first kappa shape index (κ1) is 22.6. The fourth-order valence-corrected chi connectivity index (χ4v) is 3.69. The largest absolute Gasteiger partial charge is 0.351 e. The fraction of sp³-hybridized carbons (Fsp3) is 0.318. The minimum atomic E-state index is -3.64. The van der Waals surface area contributed by atoms with Crippen LogP contribution in [0.15, 0.2) is 60.0 Å². The molecule has 2 aromatic carbocycles. The fourth-order valence-electron chi connectivity index (χ4n) is 2.82. The minimum absolute atomic E-state index is 0.178. The van der Waals surface area contributed by atoms with Crippen molar-refractivity contribution in [1.29, 1.82) is 0 Å². The van der Waals surface area contributed by atoms with E-state index in [1.165, 1.54) is 6.08 Å².